The molecule has 0 spiro atoms. The number of carbonyl (C=O) groups excluding carboxylic acids is 1. The molecular weight excluding hydrogens is 310 g/mol. The predicted octanol–water partition coefficient (Wildman–Crippen LogP) is 3.42. The van der Waals surface area contributed by atoms with Crippen molar-refractivity contribution in [3.63, 3.8) is 0 Å². The summed E-state index contributed by atoms with van der Waals surface area (Å²) >= 11 is 3.39. The molecule has 1 amide bonds. The van der Waals surface area contributed by atoms with Gasteiger partial charge >= 0.3 is 0 Å². The van der Waals surface area contributed by atoms with Crippen molar-refractivity contribution >= 4 is 27.5 Å². The quantitative estimate of drug-likeness (QED) is 0.742. The Morgan fingerprint density at radius 3 is 2.68 bits per heavy atom. The molecule has 0 unspecified atom stereocenters. The monoisotopic (exact) mass is 321 g/mol. The summed E-state index contributed by atoms with van der Waals surface area (Å²) in [6, 6.07) is 9.27. The van der Waals surface area contributed by atoms with E-state index >= 15 is 0 Å². The average molecular weight is 322 g/mol. The van der Waals surface area contributed by atoms with E-state index in [9.17, 15) is 15.0 Å². The first kappa shape index (κ1) is 13.4. The third-order valence-electron chi connectivity index (χ3n) is 2.66. The molecule has 98 valence electrons. The number of aromatic hydroxyl groups is 2. The molecule has 2 aromatic rings. The number of carbonyl (C=O) groups is 1. The van der Waals surface area contributed by atoms with Gasteiger partial charge in [0.05, 0.1) is 11.3 Å². The number of phenolic OH excluding ortho intramolecular Hbond substituents is 2. The Morgan fingerprint density at radius 1 is 1.21 bits per heavy atom. The molecule has 0 aromatic heterocycles. The van der Waals surface area contributed by atoms with Crippen LogP contribution in [-0.4, -0.2) is 16.1 Å². The molecule has 0 atom stereocenters. The molecule has 0 heterocycles. The smallest absolute Gasteiger partial charge is 0.259 e. The third kappa shape index (κ3) is 2.88. The number of anilines is 1. The van der Waals surface area contributed by atoms with Gasteiger partial charge in [0, 0.05) is 4.47 Å². The largest absolute Gasteiger partial charge is 0.508 e. The fourth-order valence-corrected chi connectivity index (χ4v) is 2.00. The molecule has 2 aromatic carbocycles. The number of hydrogen-bond acceptors (Lipinski definition) is 3. The molecular formula is C14H12BrNO3. The number of rotatable bonds is 2. The van der Waals surface area contributed by atoms with Crippen LogP contribution in [0.4, 0.5) is 5.69 Å². The second kappa shape index (κ2) is 5.32. The van der Waals surface area contributed by atoms with E-state index in [4.69, 9.17) is 0 Å². The van der Waals surface area contributed by atoms with Gasteiger partial charge in [0.1, 0.15) is 11.5 Å². The number of phenols is 2. The molecule has 0 fully saturated rings. The lowest BCUT2D eigenvalue weighted by molar-refractivity contribution is 0.102. The van der Waals surface area contributed by atoms with E-state index in [2.05, 4.69) is 21.2 Å². The van der Waals surface area contributed by atoms with E-state index in [1.807, 2.05) is 19.1 Å². The molecule has 5 heteroatoms. The lowest BCUT2D eigenvalue weighted by Gasteiger charge is -2.10. The zero-order valence-electron chi connectivity index (χ0n) is 10.1. The van der Waals surface area contributed by atoms with Gasteiger partial charge in [0.2, 0.25) is 0 Å². The Kier molecular flexibility index (Phi) is 3.76. The van der Waals surface area contributed by atoms with Gasteiger partial charge in [-0.05, 0) is 52.7 Å². The number of halogens is 1. The molecule has 0 aliphatic heterocycles. The average Bonchev–Trinajstić information content (AvgIpc) is 2.38. The minimum absolute atomic E-state index is 0.0217. The number of benzene rings is 2. The van der Waals surface area contributed by atoms with Gasteiger partial charge in [-0.2, -0.15) is 0 Å². The van der Waals surface area contributed by atoms with E-state index in [1.54, 1.807) is 6.07 Å². The van der Waals surface area contributed by atoms with Crippen LogP contribution in [0.5, 0.6) is 11.5 Å². The first-order valence-electron chi connectivity index (χ1n) is 5.57. The van der Waals surface area contributed by atoms with E-state index in [0.717, 1.165) is 10.0 Å². The predicted molar refractivity (Wildman–Crippen MR) is 76.6 cm³/mol. The van der Waals surface area contributed by atoms with Crippen LogP contribution in [0.1, 0.15) is 15.9 Å². The summed E-state index contributed by atoms with van der Waals surface area (Å²) in [6.07, 6.45) is 0. The van der Waals surface area contributed by atoms with Crippen LogP contribution in [0.15, 0.2) is 40.9 Å². The fraction of sp³-hybridized carbons (Fsp3) is 0.0714. The van der Waals surface area contributed by atoms with Crippen LogP contribution in [0.2, 0.25) is 0 Å². The van der Waals surface area contributed by atoms with Crippen LogP contribution in [0, 0.1) is 6.92 Å². The van der Waals surface area contributed by atoms with Crippen LogP contribution >= 0.6 is 15.9 Å². The fourth-order valence-electron chi connectivity index (χ4n) is 1.64. The van der Waals surface area contributed by atoms with Crippen molar-refractivity contribution in [1.29, 1.82) is 0 Å². The maximum atomic E-state index is 12.0. The van der Waals surface area contributed by atoms with Crippen LogP contribution < -0.4 is 5.32 Å². The number of amides is 1. The Labute approximate surface area is 118 Å². The molecule has 0 bridgehead atoms. The zero-order valence-corrected chi connectivity index (χ0v) is 11.7. The molecule has 0 aliphatic carbocycles. The van der Waals surface area contributed by atoms with Crippen molar-refractivity contribution in [3.05, 3.63) is 52.0 Å². The van der Waals surface area contributed by atoms with Crippen molar-refractivity contribution < 1.29 is 15.0 Å². The highest BCUT2D eigenvalue weighted by Gasteiger charge is 2.13. The maximum Gasteiger partial charge on any atom is 0.259 e. The molecule has 2 rings (SSSR count). The van der Waals surface area contributed by atoms with E-state index in [0.29, 0.717) is 5.69 Å². The van der Waals surface area contributed by atoms with Crippen LogP contribution in [0.25, 0.3) is 0 Å². The van der Waals surface area contributed by atoms with Gasteiger partial charge in [-0.15, -0.1) is 0 Å². The summed E-state index contributed by atoms with van der Waals surface area (Å²) in [7, 11) is 0. The summed E-state index contributed by atoms with van der Waals surface area (Å²) in [5.74, 6) is -0.745. The van der Waals surface area contributed by atoms with Gasteiger partial charge in [-0.1, -0.05) is 12.1 Å². The van der Waals surface area contributed by atoms with E-state index < -0.39 is 5.91 Å². The lowest BCUT2D eigenvalue weighted by atomic mass is 10.1. The van der Waals surface area contributed by atoms with Crippen molar-refractivity contribution in [1.82, 2.24) is 0 Å². The number of nitrogens with one attached hydrogen (secondary N) is 1. The van der Waals surface area contributed by atoms with Gasteiger partial charge in [0.25, 0.3) is 5.91 Å². The van der Waals surface area contributed by atoms with Crippen LogP contribution in [-0.2, 0) is 0 Å². The number of aryl methyl sites for hydroxylation is 1. The highest BCUT2D eigenvalue weighted by molar-refractivity contribution is 9.10. The van der Waals surface area contributed by atoms with Gasteiger partial charge in [0.15, 0.2) is 0 Å². The Bertz CT molecular complexity index is 641. The standard InChI is InChI=1S/C14H12BrNO3/c1-8-3-2-4-11(13(8)15)16-14(19)10-7-9(17)5-6-12(10)18/h2-7,17-18H,1H3,(H,16,19). The van der Waals surface area contributed by atoms with Crippen molar-refractivity contribution in [2.45, 2.75) is 6.92 Å². The highest BCUT2D eigenvalue weighted by atomic mass is 79.9. The normalized spacial score (nSPS) is 10.2. The second-order valence-corrected chi connectivity index (χ2v) is 4.89. The Balaban J connectivity index is 2.31. The number of hydrogen-bond donors (Lipinski definition) is 3. The molecule has 4 nitrogen and oxygen atoms in total. The van der Waals surface area contributed by atoms with Gasteiger partial charge < -0.3 is 15.5 Å². The summed E-state index contributed by atoms with van der Waals surface area (Å²) in [5, 5.41) is 21.7. The minimum Gasteiger partial charge on any atom is -0.508 e. The molecule has 0 aliphatic rings. The van der Waals surface area contributed by atoms with Gasteiger partial charge in [-0.3, -0.25) is 4.79 Å². The maximum absolute atomic E-state index is 12.0. The molecule has 0 saturated heterocycles. The molecule has 0 saturated carbocycles. The first-order valence-corrected chi connectivity index (χ1v) is 6.37. The van der Waals surface area contributed by atoms with E-state index in [1.165, 1.54) is 18.2 Å². The van der Waals surface area contributed by atoms with Crippen LogP contribution in [0.3, 0.4) is 0 Å². The minimum atomic E-state index is -0.486. The van der Waals surface area contributed by atoms with Crippen molar-refractivity contribution in [2.24, 2.45) is 0 Å². The summed E-state index contributed by atoms with van der Waals surface area (Å²) < 4.78 is 0.781. The summed E-state index contributed by atoms with van der Waals surface area (Å²) in [6.45, 7) is 1.91. The third-order valence-corrected chi connectivity index (χ3v) is 3.72. The van der Waals surface area contributed by atoms with Gasteiger partial charge in [-0.25, -0.2) is 0 Å². The van der Waals surface area contributed by atoms with E-state index in [-0.39, 0.29) is 17.1 Å². The highest BCUT2D eigenvalue weighted by Crippen LogP contribution is 2.28. The second-order valence-electron chi connectivity index (χ2n) is 4.09. The molecule has 19 heavy (non-hydrogen) atoms. The molecule has 0 radical (unpaired) electrons. The Hall–Kier alpha value is -2.01. The topological polar surface area (TPSA) is 69.6 Å². The first-order chi connectivity index (χ1) is 8.99. The molecule has 3 N–H and O–H groups in total. The van der Waals surface area contributed by atoms with Crippen molar-refractivity contribution in [2.75, 3.05) is 5.32 Å². The lowest BCUT2D eigenvalue weighted by Crippen LogP contribution is -2.12. The zero-order chi connectivity index (χ0) is 14.0. The Morgan fingerprint density at radius 2 is 1.95 bits per heavy atom. The summed E-state index contributed by atoms with van der Waals surface area (Å²) in [4.78, 5) is 12.0. The summed E-state index contributed by atoms with van der Waals surface area (Å²) in [5.41, 5.74) is 1.61. The van der Waals surface area contributed by atoms with Crippen molar-refractivity contribution in [3.8, 4) is 11.5 Å². The SMILES string of the molecule is Cc1cccc(NC(=O)c2cc(O)ccc2O)c1Br.